The van der Waals surface area contributed by atoms with Crippen LogP contribution in [0.25, 0.3) is 63.9 Å². The molecule has 15 rings (SSSR count). The van der Waals surface area contributed by atoms with Crippen molar-refractivity contribution in [3.8, 4) is 63.9 Å². The topological polar surface area (TPSA) is 445 Å². The number of alkyl halides is 1. The number of carbonyl (C=O) groups excluding carboxylic acids is 8. The molecule has 0 atom stereocenters. The largest absolute Gasteiger partial charge is 0.366 e. The van der Waals surface area contributed by atoms with E-state index in [0.717, 1.165) is 124 Å². The summed E-state index contributed by atoms with van der Waals surface area (Å²) in [6.07, 6.45) is 20.3. The first kappa shape index (κ1) is 128. The molecule has 0 unspecified atom stereocenters. The zero-order chi connectivity index (χ0) is 108. The quantitative estimate of drug-likeness (QED) is 0.00869. The number of hydrogen-bond donors (Lipinski definition) is 7. The van der Waals surface area contributed by atoms with Crippen LogP contribution in [0.4, 0.5) is 28.1 Å². The Balaban J connectivity index is 0.000000267. The number of imide groups is 1. The first-order valence-corrected chi connectivity index (χ1v) is 80.7. The summed E-state index contributed by atoms with van der Waals surface area (Å²) in [7, 11) is -4.23. The molecule has 0 saturated carbocycles. The number of nitrogens with two attached hydrogens (primary N) is 1. The molecule has 1 aliphatic heterocycles. The monoisotopic (exact) mass is 2760 g/mol. The average Bonchev–Trinajstić information content (AvgIpc) is 1.62. The van der Waals surface area contributed by atoms with Crippen LogP contribution >= 0.6 is 192 Å². The van der Waals surface area contributed by atoms with Gasteiger partial charge in [0.05, 0.1) is 5.75 Å². The Morgan fingerprint density at radius 1 is 0.469 bits per heavy atom. The molecular formula is C94H120Br7ClN22O12S6Si4Sn. The minimum atomic E-state index is -2.02. The number of thiazole rings is 5. The summed E-state index contributed by atoms with van der Waals surface area (Å²) in [4.78, 5) is 153. The Kier molecular flexibility index (Phi) is 55.7. The van der Waals surface area contributed by atoms with Gasteiger partial charge in [0.15, 0.2) is 41.3 Å². The number of thioether (sulfide) groups is 1. The van der Waals surface area contributed by atoms with Gasteiger partial charge in [0, 0.05) is 157 Å². The molecule has 34 nitrogen and oxygen atoms in total. The van der Waals surface area contributed by atoms with Gasteiger partial charge in [-0.3, -0.25) is 38.9 Å². The molecule has 790 valence electrons. The molecule has 14 aromatic rings. The van der Waals surface area contributed by atoms with Gasteiger partial charge < -0.3 is 59.3 Å². The molecule has 13 heterocycles. The number of aldehydes is 1. The number of carbonyl (C=O) groups is 8. The predicted molar refractivity (Wildman–Crippen MR) is 637 cm³/mol. The molecular weight excluding hydrogens is 2650 g/mol. The average molecular weight is 2770 g/mol. The SMILES string of the molecule is Brc1nc(Br)c(-c2ncc[nH]2)s1.C.CC(=O)Nc1c[c]([Sn]([CH3])([CH3])[CH3])ccn1.CC(=O)Nc1cc(-c2nc(Br)c(-c3nccn3COCC[Si](C)(C)C)s2)ccn1.CC(=O)Nc1cc(-c2nc(NC(=O)c3ccccc3)c(-c3nccn3COCC[Si](C)(C)C)s2)ccn1.C[Si](C)(C)CCOCCl.C[Si](C)(C)CCOCn1ccnc1-c1sc(Br)nc1Br.NC(=O)c1ccccc1.O=C1CSC(=O)N1.O=Cc1sc(Br)nc1Br. The molecule has 0 aliphatic carbocycles. The third kappa shape index (κ3) is 48.6. The van der Waals surface area contributed by atoms with Crippen LogP contribution in [0, 0.1) is 0 Å². The number of anilines is 4. The molecule has 7 amide bonds. The van der Waals surface area contributed by atoms with Crippen molar-refractivity contribution in [3.63, 3.8) is 0 Å². The number of rotatable bonds is 33. The minimum Gasteiger partial charge on any atom is -0.366 e. The predicted octanol–water partition coefficient (Wildman–Crippen LogP) is 26.6. The number of H-pyrrole nitrogens is 1. The van der Waals surface area contributed by atoms with Crippen molar-refractivity contribution in [1.82, 2.24) is 83.8 Å². The Morgan fingerprint density at radius 2 is 0.864 bits per heavy atom. The second kappa shape index (κ2) is 63.9. The summed E-state index contributed by atoms with van der Waals surface area (Å²) >= 11 is 35.0. The molecule has 147 heavy (non-hydrogen) atoms. The van der Waals surface area contributed by atoms with Crippen molar-refractivity contribution >= 4 is 316 Å². The van der Waals surface area contributed by atoms with Gasteiger partial charge in [-0.05, 0) is 184 Å². The maximum Gasteiger partial charge on any atom is 0.286 e. The van der Waals surface area contributed by atoms with Gasteiger partial charge in [-0.25, -0.2) is 54.8 Å². The Morgan fingerprint density at radius 3 is 1.22 bits per heavy atom. The van der Waals surface area contributed by atoms with Gasteiger partial charge in [0.25, 0.3) is 11.1 Å². The number of ether oxygens (including phenoxy) is 4. The number of benzene rings is 2. The number of pyridine rings is 3. The number of nitrogens with zero attached hydrogens (tertiary/aromatic N) is 15. The summed E-state index contributed by atoms with van der Waals surface area (Å²) in [6, 6.07) is 33.9. The number of halogens is 8. The maximum absolute atomic E-state index is 13.0. The standard InChI is InChI=1S/C26H30N6O3SSi.C19H24BrN5O2SSi.C12H17Br2N3OSSi.C7H7N2O.C7H7NO.C6H3Br2N3S.C6H15ClOSi.C4HBr2NOS.C3H3NO2S.CH4.3CH3.Sn/c1-18(33)29-21-16-20(10-11-27-21)26-31-23(30-25(34)19-8-6-5-7-9-19)22(36-26)24-28-12-13-32(24)17-35-14-15-37(2,3)4;1-13(26)23-15-11-14(5-6-21-15)19-24-17(20)16(28-19)18-22-7-8-25(18)12-27-9-10-29(2,3)4;1-20(2,3)7-6-18-8-17-5-4-15-11(17)9-10(13)16-12(14)19-9;1-6(10)9-7-4-2-3-5-8-7;8-7(9)6-4-2-1-3-5-6;7-4-3(12-6(8)11-4)5-9-1-2-10-5;1-9(2,3)5-4-8-6-7;5-3-2(1-8)9-4(6)7-3;5-2-1-7-3(6)4-2;;;;;/h5-13,16H,14-15,17H2,1-4H3,(H,30,34)(H,27,29,33);5-8,11H,9-10,12H2,1-4H3,(H,21,23,26);4-5H,6-8H2,1-3H3;3-5H,1H3,(H,8,9,10);1-5H,(H2,8,9);1-2H,(H,9,10);4-6H2,1-3H3;1H;1H2,(H,4,5,6);1H4;3*1H3;. The van der Waals surface area contributed by atoms with Crippen molar-refractivity contribution in [3.05, 3.63) is 211 Å². The van der Waals surface area contributed by atoms with E-state index in [0.29, 0.717) is 98.2 Å². The molecule has 2 aromatic carbocycles. The van der Waals surface area contributed by atoms with Crippen LogP contribution in [-0.2, 0) is 58.3 Å². The number of primary amides is 1. The van der Waals surface area contributed by atoms with Crippen LogP contribution in [0.3, 0.4) is 0 Å². The fourth-order valence-corrected chi connectivity index (χ4v) is 27.5. The fourth-order valence-electron chi connectivity index (χ4n) is 11.2. The summed E-state index contributed by atoms with van der Waals surface area (Å²) in [5, 5.41) is 14.4. The van der Waals surface area contributed by atoms with Crippen LogP contribution in [0.2, 0.25) is 118 Å². The van der Waals surface area contributed by atoms with E-state index < -0.39 is 50.7 Å². The number of amides is 7. The molecule has 0 bridgehead atoms. The summed E-state index contributed by atoms with van der Waals surface area (Å²) in [5.41, 5.74) is 7.69. The normalized spacial score (nSPS) is 11.5. The maximum atomic E-state index is 13.0. The zero-order valence-corrected chi connectivity index (χ0v) is 107. The molecule has 0 radical (unpaired) electrons. The van der Waals surface area contributed by atoms with Crippen molar-refractivity contribution in [2.24, 2.45) is 5.73 Å². The van der Waals surface area contributed by atoms with E-state index in [1.807, 2.05) is 80.8 Å². The van der Waals surface area contributed by atoms with Crippen LogP contribution in [0.1, 0.15) is 58.6 Å². The van der Waals surface area contributed by atoms with Crippen LogP contribution in [0.15, 0.2) is 195 Å². The number of hydrogen-bond acceptors (Lipinski definition) is 30. The van der Waals surface area contributed by atoms with Crippen molar-refractivity contribution < 1.29 is 57.3 Å². The second-order valence-electron chi connectivity index (χ2n) is 37.0. The van der Waals surface area contributed by atoms with E-state index in [2.05, 4.69) is 297 Å². The van der Waals surface area contributed by atoms with E-state index in [4.69, 9.17) is 41.3 Å². The van der Waals surface area contributed by atoms with E-state index in [1.54, 1.807) is 103 Å². The van der Waals surface area contributed by atoms with Crippen LogP contribution < -0.4 is 35.9 Å². The van der Waals surface area contributed by atoms with Crippen molar-refractivity contribution in [2.75, 3.05) is 59.5 Å². The summed E-state index contributed by atoms with van der Waals surface area (Å²) < 4.78 is 35.3. The van der Waals surface area contributed by atoms with Crippen LogP contribution in [-0.4, -0.2) is 214 Å². The number of aromatic amines is 1. The molecule has 12 aromatic heterocycles. The Hall–Kier alpha value is -7.45. The Bertz CT molecular complexity index is 6520. The molecule has 1 fully saturated rings. The number of nitrogens with one attached hydrogen (secondary N) is 6. The molecule has 53 heteroatoms. The minimum absolute atomic E-state index is 0. The van der Waals surface area contributed by atoms with E-state index in [-0.39, 0.29) is 48.1 Å². The summed E-state index contributed by atoms with van der Waals surface area (Å²) in [5.74, 6) is 4.19. The van der Waals surface area contributed by atoms with Gasteiger partial charge in [-0.15, -0.1) is 56.7 Å². The van der Waals surface area contributed by atoms with Crippen LogP contribution in [0.5, 0.6) is 0 Å². The van der Waals surface area contributed by atoms with E-state index in [1.165, 1.54) is 81.8 Å². The van der Waals surface area contributed by atoms with Crippen molar-refractivity contribution in [2.45, 2.75) is 166 Å². The molecule has 8 N–H and O–H groups in total. The fraction of sp³-hybridized carbons (Fsp3) is 0.340. The first-order chi connectivity index (χ1) is 68.8. The van der Waals surface area contributed by atoms with E-state index >= 15 is 0 Å². The number of aromatic nitrogens is 16. The van der Waals surface area contributed by atoms with E-state index in [9.17, 15) is 38.4 Å². The van der Waals surface area contributed by atoms with Gasteiger partial charge in [0.2, 0.25) is 23.6 Å². The van der Waals surface area contributed by atoms with Gasteiger partial charge in [0.1, 0.15) is 96.5 Å². The van der Waals surface area contributed by atoms with Gasteiger partial charge in [-0.2, -0.15) is 0 Å². The molecule has 1 aliphatic rings. The van der Waals surface area contributed by atoms with Crippen molar-refractivity contribution in [1.29, 1.82) is 0 Å². The third-order valence-corrected chi connectivity index (χ3v) is 42.3. The number of imidazole rings is 4. The zero-order valence-electron chi connectivity index (χ0n) is 83.5. The second-order valence-corrected chi connectivity index (χ2v) is 87.0. The Labute approximate surface area is 953 Å². The van der Waals surface area contributed by atoms with Gasteiger partial charge >= 0.3 is 88.8 Å². The third-order valence-electron chi connectivity index (χ3n) is 18.7. The molecule has 1 saturated heterocycles. The smallest absolute Gasteiger partial charge is 0.286 e. The molecule has 0 spiro atoms. The van der Waals surface area contributed by atoms with Gasteiger partial charge in [-0.1, -0.05) is 146 Å². The first-order valence-electron chi connectivity index (χ1n) is 44.7. The summed E-state index contributed by atoms with van der Waals surface area (Å²) in [6.45, 7) is 36.8.